The normalized spacial score (nSPS) is 17.6. The number of rotatable bonds is 14. The first-order chi connectivity index (χ1) is 24.1. The molecule has 4 atom stereocenters. The van der Waals surface area contributed by atoms with Gasteiger partial charge in [0.25, 0.3) is 0 Å². The van der Waals surface area contributed by atoms with Crippen LogP contribution in [0.5, 0.6) is 0 Å². The van der Waals surface area contributed by atoms with Crippen molar-refractivity contribution in [3.8, 4) is 0 Å². The van der Waals surface area contributed by atoms with Crippen molar-refractivity contribution in [1.29, 1.82) is 0 Å². The van der Waals surface area contributed by atoms with Crippen molar-refractivity contribution in [3.63, 3.8) is 0 Å². The predicted octanol–water partition coefficient (Wildman–Crippen LogP) is 7.85. The second-order valence-corrected chi connectivity index (χ2v) is 15.7. The molecule has 7 nitrogen and oxygen atoms in total. The molecule has 1 aliphatic rings. The molecule has 264 valence electrons. The Morgan fingerprint density at radius 2 is 1.44 bits per heavy atom. The van der Waals surface area contributed by atoms with Gasteiger partial charge >= 0.3 is 6.09 Å². The molecule has 0 unspecified atom stereocenters. The summed E-state index contributed by atoms with van der Waals surface area (Å²) in [5.41, 5.74) is 3.88. The van der Waals surface area contributed by atoms with Crippen LogP contribution in [-0.4, -0.2) is 64.5 Å². The van der Waals surface area contributed by atoms with Gasteiger partial charge in [0.1, 0.15) is 5.60 Å². The number of hydrogen-bond acceptors (Lipinski definition) is 6. The summed E-state index contributed by atoms with van der Waals surface area (Å²) in [6, 6.07) is 37.2. The zero-order valence-corrected chi connectivity index (χ0v) is 30.9. The maximum absolute atomic E-state index is 13.8. The molecule has 8 heteroatoms. The number of carbonyl (C=O) groups excluding carboxylic acids is 2. The van der Waals surface area contributed by atoms with Crippen LogP contribution in [0.25, 0.3) is 0 Å². The zero-order valence-electron chi connectivity index (χ0n) is 30.0. The Labute approximate surface area is 302 Å². The topological polar surface area (TPSA) is 83.6 Å². The SMILES string of the molecule is CC[C@H](C)[C@H](NC[C@H]1C[C@@H](SC(c2ccccc2)(c2ccccc2)c2ccccc2)CN1C(=O)OC(C)(C)C)C(=O)NCCc1ccccn1. The van der Waals surface area contributed by atoms with E-state index < -0.39 is 16.4 Å². The van der Waals surface area contributed by atoms with Crippen molar-refractivity contribution in [3.05, 3.63) is 138 Å². The van der Waals surface area contributed by atoms with Crippen molar-refractivity contribution < 1.29 is 14.3 Å². The van der Waals surface area contributed by atoms with Crippen LogP contribution in [0.2, 0.25) is 0 Å². The summed E-state index contributed by atoms with van der Waals surface area (Å²) in [5.74, 6) is 0.0764. The van der Waals surface area contributed by atoms with E-state index >= 15 is 0 Å². The molecular weight excluding hydrogens is 641 g/mol. The smallest absolute Gasteiger partial charge is 0.410 e. The molecule has 1 saturated heterocycles. The first-order valence-corrected chi connectivity index (χ1v) is 18.7. The van der Waals surface area contributed by atoms with Gasteiger partial charge in [-0.3, -0.25) is 9.78 Å². The summed E-state index contributed by atoms with van der Waals surface area (Å²) < 4.78 is 5.46. The Hall–Kier alpha value is -4.14. The Morgan fingerprint density at radius 1 is 0.880 bits per heavy atom. The van der Waals surface area contributed by atoms with Crippen molar-refractivity contribution >= 4 is 23.8 Å². The summed E-state index contributed by atoms with van der Waals surface area (Å²) in [7, 11) is 0. The molecule has 0 radical (unpaired) electrons. The lowest BCUT2D eigenvalue weighted by Gasteiger charge is -2.37. The number of benzene rings is 3. The fourth-order valence-corrected chi connectivity index (χ4v) is 8.56. The van der Waals surface area contributed by atoms with Gasteiger partial charge in [0.2, 0.25) is 5.91 Å². The van der Waals surface area contributed by atoms with Crippen molar-refractivity contribution in [1.82, 2.24) is 20.5 Å². The van der Waals surface area contributed by atoms with Crippen LogP contribution in [0.1, 0.15) is 69.8 Å². The van der Waals surface area contributed by atoms with Gasteiger partial charge in [-0.1, -0.05) is 117 Å². The molecular formula is C42H52N4O3S. The monoisotopic (exact) mass is 692 g/mol. The van der Waals surface area contributed by atoms with Gasteiger partial charge in [0, 0.05) is 49.2 Å². The molecule has 2 amide bonds. The summed E-state index contributed by atoms with van der Waals surface area (Å²) in [4.78, 5) is 33.6. The molecule has 50 heavy (non-hydrogen) atoms. The van der Waals surface area contributed by atoms with E-state index in [1.165, 1.54) is 16.7 Å². The standard InChI is InChI=1S/C42H52N4O3S/c1-6-31(2)38(39(47)44-27-25-35-24-16-17-26-43-35)45-29-36-28-37(30-46(36)40(48)49-41(3,4)5)50-42(32-18-10-7-11-19-32,33-20-12-8-13-21-33)34-22-14-9-15-23-34/h7-24,26,31,36-38,45H,6,25,27-30H2,1-5H3,(H,44,47)/t31-,36+,37+,38-/m0/s1. The quantitative estimate of drug-likeness (QED) is 0.131. The van der Waals surface area contributed by atoms with Crippen LogP contribution in [-0.2, 0) is 20.7 Å². The van der Waals surface area contributed by atoms with Gasteiger partial charge in [-0.25, -0.2) is 4.79 Å². The molecule has 2 N–H and O–H groups in total. The number of carbonyl (C=O) groups is 2. The molecule has 5 rings (SSSR count). The molecule has 1 aromatic heterocycles. The lowest BCUT2D eigenvalue weighted by Crippen LogP contribution is -2.52. The Bertz CT molecular complexity index is 1540. The molecule has 2 heterocycles. The van der Waals surface area contributed by atoms with E-state index in [1.54, 1.807) is 6.20 Å². The van der Waals surface area contributed by atoms with Gasteiger partial charge < -0.3 is 20.3 Å². The highest BCUT2D eigenvalue weighted by molar-refractivity contribution is 8.01. The van der Waals surface area contributed by atoms with Crippen molar-refractivity contribution in [2.24, 2.45) is 5.92 Å². The third-order valence-corrected chi connectivity index (χ3v) is 11.1. The molecule has 0 bridgehead atoms. The summed E-state index contributed by atoms with van der Waals surface area (Å²) in [6.07, 6.45) is 3.71. The first-order valence-electron chi connectivity index (χ1n) is 17.9. The van der Waals surface area contributed by atoms with Gasteiger partial charge in [0.15, 0.2) is 0 Å². The highest BCUT2D eigenvalue weighted by Crippen LogP contribution is 2.52. The average Bonchev–Trinajstić information content (AvgIpc) is 3.54. The first kappa shape index (κ1) is 37.1. The number of amides is 2. The molecule has 0 aliphatic carbocycles. The predicted molar refractivity (Wildman–Crippen MR) is 204 cm³/mol. The second kappa shape index (κ2) is 17.2. The van der Waals surface area contributed by atoms with Crippen LogP contribution in [0.4, 0.5) is 4.79 Å². The minimum Gasteiger partial charge on any atom is -0.444 e. The number of nitrogens with one attached hydrogen (secondary N) is 2. The lowest BCUT2D eigenvalue weighted by molar-refractivity contribution is -0.124. The molecule has 3 aromatic carbocycles. The van der Waals surface area contributed by atoms with Crippen molar-refractivity contribution in [2.45, 2.75) is 81.6 Å². The second-order valence-electron chi connectivity index (χ2n) is 14.2. The van der Waals surface area contributed by atoms with Crippen LogP contribution in [0, 0.1) is 5.92 Å². The van der Waals surface area contributed by atoms with Gasteiger partial charge in [-0.2, -0.15) is 0 Å². The van der Waals surface area contributed by atoms with Gasteiger partial charge in [-0.05, 0) is 61.9 Å². The van der Waals surface area contributed by atoms with Crippen LogP contribution < -0.4 is 10.6 Å². The molecule has 1 fully saturated rings. The number of nitrogens with zero attached hydrogens (tertiary/aromatic N) is 2. The van der Waals surface area contributed by atoms with E-state index in [-0.39, 0.29) is 29.2 Å². The van der Waals surface area contributed by atoms with E-state index in [0.29, 0.717) is 26.1 Å². The molecule has 1 aliphatic heterocycles. The summed E-state index contributed by atoms with van der Waals surface area (Å²) in [5, 5.41) is 6.82. The van der Waals surface area contributed by atoms with E-state index in [0.717, 1.165) is 18.5 Å². The lowest BCUT2D eigenvalue weighted by atomic mass is 9.84. The Balaban J connectivity index is 1.41. The number of likely N-dealkylation sites (tertiary alicyclic amines) is 1. The van der Waals surface area contributed by atoms with E-state index in [9.17, 15) is 9.59 Å². The largest absolute Gasteiger partial charge is 0.444 e. The third-order valence-electron chi connectivity index (χ3n) is 9.36. The maximum atomic E-state index is 13.8. The number of aromatic nitrogens is 1. The Kier molecular flexibility index (Phi) is 12.8. The molecule has 0 saturated carbocycles. The average molecular weight is 693 g/mol. The summed E-state index contributed by atoms with van der Waals surface area (Å²) >= 11 is 1.90. The number of hydrogen-bond donors (Lipinski definition) is 2. The van der Waals surface area contributed by atoms with E-state index in [1.807, 2.05) is 55.6 Å². The highest BCUT2D eigenvalue weighted by atomic mass is 32.2. The number of pyridine rings is 1. The number of ether oxygens (including phenoxy) is 1. The Morgan fingerprint density at radius 3 is 1.94 bits per heavy atom. The fraction of sp³-hybridized carbons (Fsp3) is 0.405. The van der Waals surface area contributed by atoms with E-state index in [2.05, 4.69) is 120 Å². The minimum absolute atomic E-state index is 0.0285. The zero-order chi connectivity index (χ0) is 35.6. The van der Waals surface area contributed by atoms with Crippen LogP contribution in [0.3, 0.4) is 0 Å². The maximum Gasteiger partial charge on any atom is 0.410 e. The minimum atomic E-state index is -0.630. The third kappa shape index (κ3) is 9.34. The van der Waals surface area contributed by atoms with E-state index in [4.69, 9.17) is 4.74 Å². The highest BCUT2D eigenvalue weighted by Gasteiger charge is 2.45. The van der Waals surface area contributed by atoms with Crippen LogP contribution in [0.15, 0.2) is 115 Å². The fourth-order valence-electron chi connectivity index (χ4n) is 6.69. The van der Waals surface area contributed by atoms with Crippen molar-refractivity contribution in [2.75, 3.05) is 19.6 Å². The van der Waals surface area contributed by atoms with Crippen LogP contribution >= 0.6 is 11.8 Å². The molecule has 0 spiro atoms. The van der Waals surface area contributed by atoms with Gasteiger partial charge in [-0.15, -0.1) is 11.8 Å². The number of thioether (sulfide) groups is 1. The van der Waals surface area contributed by atoms with Gasteiger partial charge in [0.05, 0.1) is 10.8 Å². The molecule has 4 aromatic rings. The summed E-state index contributed by atoms with van der Waals surface area (Å²) in [6.45, 7) is 11.4.